The van der Waals surface area contributed by atoms with Crippen molar-refractivity contribution in [2.45, 2.75) is 51.0 Å². The smallest absolute Gasteiger partial charge is 0.316 e. The summed E-state index contributed by atoms with van der Waals surface area (Å²) in [6.07, 6.45) is 1.71. The van der Waals surface area contributed by atoms with Crippen molar-refractivity contribution >= 4 is 17.7 Å². The molecule has 0 aliphatic carbocycles. The summed E-state index contributed by atoms with van der Waals surface area (Å²) in [6.45, 7) is 8.38. The monoisotopic (exact) mass is 204 g/mol. The van der Waals surface area contributed by atoms with Crippen LogP contribution in [0.5, 0.6) is 0 Å². The number of aliphatic carboxylic acids is 1. The van der Waals surface area contributed by atoms with Gasteiger partial charge in [-0.25, -0.2) is 0 Å². The molecule has 0 aliphatic rings. The Balaban J connectivity index is 4.01. The number of rotatable bonds is 6. The number of hydrogen-bond donors (Lipinski definition) is 1. The molecule has 0 aromatic rings. The van der Waals surface area contributed by atoms with E-state index < -0.39 is 5.97 Å². The van der Waals surface area contributed by atoms with Gasteiger partial charge in [0.1, 0.15) is 5.25 Å². The molecule has 13 heavy (non-hydrogen) atoms. The van der Waals surface area contributed by atoms with Crippen LogP contribution >= 0.6 is 11.8 Å². The van der Waals surface area contributed by atoms with Gasteiger partial charge in [-0.1, -0.05) is 34.1 Å². The van der Waals surface area contributed by atoms with Crippen LogP contribution in [0.2, 0.25) is 0 Å². The molecule has 3 heteroatoms. The highest BCUT2D eigenvalue weighted by Gasteiger charge is 2.21. The Kier molecular flexibility index (Phi) is 6.21. The maximum absolute atomic E-state index is 10.8. The van der Waals surface area contributed by atoms with Gasteiger partial charge in [0.05, 0.1) is 0 Å². The molecule has 0 rings (SSSR count). The highest BCUT2D eigenvalue weighted by Crippen LogP contribution is 2.26. The van der Waals surface area contributed by atoms with E-state index in [1.807, 2.05) is 6.92 Å². The molecule has 2 nitrogen and oxygen atoms in total. The second kappa shape index (κ2) is 6.30. The van der Waals surface area contributed by atoms with Crippen LogP contribution < -0.4 is 0 Å². The lowest BCUT2D eigenvalue weighted by molar-refractivity contribution is -0.136. The van der Waals surface area contributed by atoms with Gasteiger partial charge >= 0.3 is 5.97 Å². The molecule has 78 valence electrons. The Labute approximate surface area is 85.1 Å². The van der Waals surface area contributed by atoms with Crippen molar-refractivity contribution in [2.75, 3.05) is 0 Å². The first-order chi connectivity index (χ1) is 5.99. The molecule has 0 fully saturated rings. The maximum atomic E-state index is 10.8. The van der Waals surface area contributed by atoms with Gasteiger partial charge in [-0.15, -0.1) is 11.8 Å². The van der Waals surface area contributed by atoms with E-state index in [1.165, 1.54) is 0 Å². The van der Waals surface area contributed by atoms with Gasteiger partial charge in [-0.3, -0.25) is 4.79 Å². The number of hydrogen-bond acceptors (Lipinski definition) is 2. The van der Waals surface area contributed by atoms with Gasteiger partial charge in [0.25, 0.3) is 0 Å². The van der Waals surface area contributed by atoms with Crippen molar-refractivity contribution < 1.29 is 9.90 Å². The summed E-state index contributed by atoms with van der Waals surface area (Å²) in [5, 5.41) is 9.12. The predicted molar refractivity (Wildman–Crippen MR) is 58.2 cm³/mol. The Morgan fingerprint density at radius 3 is 2.23 bits per heavy atom. The van der Waals surface area contributed by atoms with Gasteiger partial charge in [-0.05, 0) is 12.3 Å². The van der Waals surface area contributed by atoms with E-state index in [9.17, 15) is 4.79 Å². The van der Waals surface area contributed by atoms with Crippen molar-refractivity contribution in [3.63, 3.8) is 0 Å². The fraction of sp³-hybridized carbons (Fsp3) is 0.900. The Hall–Kier alpha value is -0.180. The molecule has 0 aliphatic heterocycles. The second-order valence-corrected chi connectivity index (χ2v) is 5.29. The fourth-order valence-electron chi connectivity index (χ4n) is 0.928. The van der Waals surface area contributed by atoms with Gasteiger partial charge < -0.3 is 5.11 Å². The largest absolute Gasteiger partial charge is 0.480 e. The van der Waals surface area contributed by atoms with Crippen molar-refractivity contribution in [2.24, 2.45) is 5.92 Å². The molecule has 2 atom stereocenters. The zero-order valence-corrected chi connectivity index (χ0v) is 9.73. The summed E-state index contributed by atoms with van der Waals surface area (Å²) in [7, 11) is 0. The standard InChI is InChI=1S/C10H20O2S/c1-5-6-9(10(11)12)13-8(4)7(2)3/h7-9H,5-6H2,1-4H3,(H,11,12). The zero-order chi connectivity index (χ0) is 10.4. The minimum atomic E-state index is -0.667. The van der Waals surface area contributed by atoms with Crippen LogP contribution in [0.1, 0.15) is 40.5 Å². The molecule has 0 bridgehead atoms. The van der Waals surface area contributed by atoms with Gasteiger partial charge in [0, 0.05) is 5.25 Å². The van der Waals surface area contributed by atoms with E-state index in [0.717, 1.165) is 12.8 Å². The van der Waals surface area contributed by atoms with E-state index in [4.69, 9.17) is 5.11 Å². The normalized spacial score (nSPS) is 15.8. The van der Waals surface area contributed by atoms with E-state index in [0.29, 0.717) is 11.2 Å². The highest BCUT2D eigenvalue weighted by atomic mass is 32.2. The first-order valence-corrected chi connectivity index (χ1v) is 5.81. The molecular formula is C10H20O2S. The molecule has 0 saturated heterocycles. The van der Waals surface area contributed by atoms with Crippen molar-refractivity contribution in [3.05, 3.63) is 0 Å². The minimum absolute atomic E-state index is 0.220. The van der Waals surface area contributed by atoms with Crippen molar-refractivity contribution in [3.8, 4) is 0 Å². The minimum Gasteiger partial charge on any atom is -0.480 e. The van der Waals surface area contributed by atoms with E-state index in [2.05, 4.69) is 20.8 Å². The van der Waals surface area contributed by atoms with Gasteiger partial charge in [0.2, 0.25) is 0 Å². The zero-order valence-electron chi connectivity index (χ0n) is 8.91. The molecule has 0 amide bonds. The number of carboxylic acids is 1. The Morgan fingerprint density at radius 2 is 1.92 bits per heavy atom. The molecule has 0 aromatic carbocycles. The van der Waals surface area contributed by atoms with E-state index in [-0.39, 0.29) is 5.25 Å². The summed E-state index contributed by atoms with van der Waals surface area (Å²) in [5.74, 6) is -0.122. The first-order valence-electron chi connectivity index (χ1n) is 4.87. The lowest BCUT2D eigenvalue weighted by Gasteiger charge is -2.19. The van der Waals surface area contributed by atoms with Crippen LogP contribution in [0.4, 0.5) is 0 Å². The van der Waals surface area contributed by atoms with E-state index in [1.54, 1.807) is 11.8 Å². The molecule has 1 N–H and O–H groups in total. The third-order valence-corrected chi connectivity index (χ3v) is 3.88. The van der Waals surface area contributed by atoms with Gasteiger partial charge in [0.15, 0.2) is 0 Å². The van der Waals surface area contributed by atoms with Crippen LogP contribution in [-0.2, 0) is 4.79 Å². The van der Waals surface area contributed by atoms with Crippen molar-refractivity contribution in [1.82, 2.24) is 0 Å². The van der Waals surface area contributed by atoms with Crippen LogP contribution in [0.25, 0.3) is 0 Å². The van der Waals surface area contributed by atoms with Crippen molar-refractivity contribution in [1.29, 1.82) is 0 Å². The molecular weight excluding hydrogens is 184 g/mol. The van der Waals surface area contributed by atoms with Crippen LogP contribution in [0.15, 0.2) is 0 Å². The Morgan fingerprint density at radius 1 is 1.38 bits per heavy atom. The summed E-state index contributed by atoms with van der Waals surface area (Å²) in [4.78, 5) is 10.8. The molecule has 0 saturated carbocycles. The average molecular weight is 204 g/mol. The fourth-order valence-corrected chi connectivity index (χ4v) is 2.25. The third kappa shape index (κ3) is 5.19. The quantitative estimate of drug-likeness (QED) is 0.722. The van der Waals surface area contributed by atoms with Gasteiger partial charge in [-0.2, -0.15) is 0 Å². The van der Waals surface area contributed by atoms with Crippen LogP contribution in [0, 0.1) is 5.92 Å². The predicted octanol–water partition coefficient (Wildman–Crippen LogP) is 3.02. The molecule has 0 heterocycles. The van der Waals surface area contributed by atoms with E-state index >= 15 is 0 Å². The summed E-state index contributed by atoms with van der Waals surface area (Å²) >= 11 is 1.59. The lowest BCUT2D eigenvalue weighted by atomic mass is 10.2. The second-order valence-electron chi connectivity index (χ2n) is 3.70. The van der Waals surface area contributed by atoms with Crippen LogP contribution in [-0.4, -0.2) is 21.6 Å². The lowest BCUT2D eigenvalue weighted by Crippen LogP contribution is -2.21. The summed E-state index contributed by atoms with van der Waals surface area (Å²) < 4.78 is 0. The average Bonchev–Trinajstić information content (AvgIpc) is 2.03. The molecule has 0 radical (unpaired) electrons. The summed E-state index contributed by atoms with van der Waals surface area (Å²) in [5.41, 5.74) is 0. The van der Waals surface area contributed by atoms with Crippen LogP contribution in [0.3, 0.4) is 0 Å². The topological polar surface area (TPSA) is 37.3 Å². The maximum Gasteiger partial charge on any atom is 0.316 e. The Bertz CT molecular complexity index is 157. The third-order valence-electron chi connectivity index (χ3n) is 2.14. The highest BCUT2D eigenvalue weighted by molar-refractivity contribution is 8.01. The molecule has 0 aromatic heterocycles. The molecule has 2 unspecified atom stereocenters. The number of carboxylic acid groups (broad SMARTS) is 1. The molecule has 0 spiro atoms. The number of thioether (sulfide) groups is 1. The summed E-state index contributed by atoms with van der Waals surface area (Å²) in [6, 6.07) is 0. The SMILES string of the molecule is CCCC(SC(C)C(C)C)C(=O)O. The first kappa shape index (κ1) is 12.8. The number of carbonyl (C=O) groups is 1.